The van der Waals surface area contributed by atoms with Gasteiger partial charge in [0, 0.05) is 10.0 Å². The second-order valence-corrected chi connectivity index (χ2v) is 8.00. The zero-order valence-corrected chi connectivity index (χ0v) is 15.6. The van der Waals surface area contributed by atoms with Crippen LogP contribution in [-0.4, -0.2) is 66.7 Å². The van der Waals surface area contributed by atoms with E-state index in [0.29, 0.717) is 0 Å². The maximum absolute atomic E-state index is 9.63. The highest BCUT2D eigenvalue weighted by Gasteiger charge is 1.99. The summed E-state index contributed by atoms with van der Waals surface area (Å²) in [7, 11) is -7.85. The lowest BCUT2D eigenvalue weighted by Crippen LogP contribution is -2.10. The Morgan fingerprint density at radius 1 is 1.04 bits per heavy atom. The zero-order chi connectivity index (χ0) is 19.4. The zero-order valence-electron chi connectivity index (χ0n) is 12.3. The van der Waals surface area contributed by atoms with E-state index in [1.807, 2.05) is 18.2 Å². The van der Waals surface area contributed by atoms with Gasteiger partial charge in [0.1, 0.15) is 5.84 Å². The standard InChI is InChI=1S/C7H7BrN2.2C2H6O4S/c8-6-3-1-2-5(4-6)7(9)10;2*3-1-2-7(4,5)6/h1-4H,(H3,9,10);2*3H,1-2H2,(H,4,5,6). The Morgan fingerprint density at radius 2 is 1.46 bits per heavy atom. The van der Waals surface area contributed by atoms with Gasteiger partial charge in [-0.05, 0) is 12.1 Å². The van der Waals surface area contributed by atoms with Crippen molar-refractivity contribution in [3.8, 4) is 0 Å². The van der Waals surface area contributed by atoms with E-state index < -0.39 is 45.0 Å². The fourth-order valence-electron chi connectivity index (χ4n) is 0.887. The van der Waals surface area contributed by atoms with Gasteiger partial charge >= 0.3 is 0 Å². The highest BCUT2D eigenvalue weighted by molar-refractivity contribution is 9.10. The first-order valence-corrected chi connectivity index (χ1v) is 10.1. The van der Waals surface area contributed by atoms with Crippen LogP contribution in [0.15, 0.2) is 28.7 Å². The van der Waals surface area contributed by atoms with Gasteiger partial charge in [0.25, 0.3) is 20.2 Å². The Labute approximate surface area is 148 Å². The second-order valence-electron chi connectivity index (χ2n) is 3.94. The van der Waals surface area contributed by atoms with Crippen molar-refractivity contribution in [1.82, 2.24) is 0 Å². The molecule has 0 unspecified atom stereocenters. The van der Waals surface area contributed by atoms with Gasteiger partial charge < -0.3 is 15.9 Å². The molecule has 13 heteroatoms. The maximum Gasteiger partial charge on any atom is 0.267 e. The van der Waals surface area contributed by atoms with Gasteiger partial charge in [0.15, 0.2) is 0 Å². The number of nitrogens with one attached hydrogen (secondary N) is 1. The number of hydrogen-bond acceptors (Lipinski definition) is 7. The summed E-state index contributed by atoms with van der Waals surface area (Å²) in [5.74, 6) is -1.05. The van der Waals surface area contributed by atoms with E-state index in [-0.39, 0.29) is 5.84 Å². The molecule has 24 heavy (non-hydrogen) atoms. The van der Waals surface area contributed by atoms with Crippen molar-refractivity contribution in [2.24, 2.45) is 5.73 Å². The van der Waals surface area contributed by atoms with E-state index >= 15 is 0 Å². The Bertz CT molecular complexity index is 672. The number of aliphatic hydroxyl groups is 2. The molecule has 0 fully saturated rings. The third-order valence-corrected chi connectivity index (χ3v) is 3.72. The number of halogens is 1. The van der Waals surface area contributed by atoms with Crippen molar-refractivity contribution in [2.45, 2.75) is 0 Å². The topological polar surface area (TPSA) is 199 Å². The molecule has 7 N–H and O–H groups in total. The fraction of sp³-hybridized carbons (Fsp3) is 0.364. The average molecular weight is 451 g/mol. The normalized spacial score (nSPS) is 10.7. The Balaban J connectivity index is 0. The van der Waals surface area contributed by atoms with E-state index in [1.54, 1.807) is 6.07 Å². The van der Waals surface area contributed by atoms with E-state index in [1.165, 1.54) is 0 Å². The summed E-state index contributed by atoms with van der Waals surface area (Å²) in [6, 6.07) is 7.35. The largest absolute Gasteiger partial charge is 0.395 e. The van der Waals surface area contributed by atoms with Crippen LogP contribution in [0.3, 0.4) is 0 Å². The molecule has 0 amide bonds. The Kier molecular flexibility index (Phi) is 12.9. The lowest BCUT2D eigenvalue weighted by molar-refractivity contribution is 0.314. The van der Waals surface area contributed by atoms with Crippen molar-refractivity contribution in [3.05, 3.63) is 34.3 Å². The smallest absolute Gasteiger partial charge is 0.267 e. The minimum absolute atomic E-state index is 0.0984. The van der Waals surface area contributed by atoms with Crippen LogP contribution in [0.1, 0.15) is 5.56 Å². The van der Waals surface area contributed by atoms with E-state index in [4.69, 9.17) is 30.5 Å². The van der Waals surface area contributed by atoms with Crippen LogP contribution in [-0.2, 0) is 20.2 Å². The summed E-state index contributed by atoms with van der Waals surface area (Å²) in [4.78, 5) is 0. The molecule has 0 aliphatic rings. The lowest BCUT2D eigenvalue weighted by atomic mass is 10.2. The van der Waals surface area contributed by atoms with Crippen LogP contribution in [0.25, 0.3) is 0 Å². The third-order valence-electron chi connectivity index (χ3n) is 1.83. The lowest BCUT2D eigenvalue weighted by Gasteiger charge is -1.96. The number of aliphatic hydroxyl groups excluding tert-OH is 2. The Morgan fingerprint density at radius 3 is 1.62 bits per heavy atom. The van der Waals surface area contributed by atoms with Gasteiger partial charge in [-0.25, -0.2) is 0 Å². The van der Waals surface area contributed by atoms with Gasteiger partial charge in [-0.15, -0.1) is 0 Å². The number of amidine groups is 1. The number of rotatable bonds is 5. The molecule has 10 nitrogen and oxygen atoms in total. The molecule has 0 saturated carbocycles. The van der Waals surface area contributed by atoms with Gasteiger partial charge in [-0.2, -0.15) is 16.8 Å². The predicted molar refractivity (Wildman–Crippen MR) is 92.2 cm³/mol. The molecule has 0 aliphatic heterocycles. The quantitative estimate of drug-likeness (QED) is 0.193. The monoisotopic (exact) mass is 450 g/mol. The van der Waals surface area contributed by atoms with Crippen molar-refractivity contribution in [1.29, 1.82) is 5.41 Å². The van der Waals surface area contributed by atoms with Gasteiger partial charge in [-0.3, -0.25) is 14.5 Å². The number of nitrogen functional groups attached to an aromatic ring is 1. The molecule has 0 spiro atoms. The molecule has 0 aliphatic carbocycles. The van der Waals surface area contributed by atoms with Crippen LogP contribution in [0.2, 0.25) is 0 Å². The van der Waals surface area contributed by atoms with E-state index in [0.717, 1.165) is 10.0 Å². The van der Waals surface area contributed by atoms with Crippen LogP contribution < -0.4 is 5.73 Å². The van der Waals surface area contributed by atoms with Crippen molar-refractivity contribution >= 4 is 42.0 Å². The van der Waals surface area contributed by atoms with E-state index in [9.17, 15) is 16.8 Å². The molecular weight excluding hydrogens is 432 g/mol. The first-order valence-electron chi connectivity index (χ1n) is 6.04. The fourth-order valence-corrected chi connectivity index (χ4v) is 1.75. The summed E-state index contributed by atoms with van der Waals surface area (Å²) < 4.78 is 55.1. The molecule has 0 aromatic heterocycles. The average Bonchev–Trinajstić information content (AvgIpc) is 2.37. The molecule has 0 radical (unpaired) electrons. The van der Waals surface area contributed by atoms with Crippen molar-refractivity contribution < 1.29 is 36.2 Å². The summed E-state index contributed by atoms with van der Waals surface area (Å²) in [5.41, 5.74) is 5.99. The predicted octanol–water partition coefficient (Wildman–Crippen LogP) is -0.534. The van der Waals surface area contributed by atoms with Crippen LogP contribution in [0.4, 0.5) is 0 Å². The molecule has 0 bridgehead atoms. The van der Waals surface area contributed by atoms with Crippen LogP contribution >= 0.6 is 15.9 Å². The highest BCUT2D eigenvalue weighted by atomic mass is 79.9. The summed E-state index contributed by atoms with van der Waals surface area (Å²) in [5, 5.41) is 22.8. The molecule has 1 aromatic rings. The van der Waals surface area contributed by atoms with Gasteiger partial charge in [0.05, 0.1) is 24.7 Å². The summed E-state index contributed by atoms with van der Waals surface area (Å²) >= 11 is 3.28. The summed E-state index contributed by atoms with van der Waals surface area (Å²) in [6.45, 7) is -1.06. The SMILES string of the molecule is N=C(N)c1cccc(Br)c1.O=S(=O)(O)CCO.O=S(=O)(O)CCO. The molecule has 0 saturated heterocycles. The van der Waals surface area contributed by atoms with Gasteiger partial charge in [-0.1, -0.05) is 28.1 Å². The second kappa shape index (κ2) is 12.3. The van der Waals surface area contributed by atoms with Crippen molar-refractivity contribution in [3.63, 3.8) is 0 Å². The first-order chi connectivity index (χ1) is 10.8. The minimum Gasteiger partial charge on any atom is -0.395 e. The number of nitrogens with two attached hydrogens (primary N) is 1. The summed E-state index contributed by atoms with van der Waals surface area (Å²) in [6.07, 6.45) is 0. The van der Waals surface area contributed by atoms with Crippen LogP contribution in [0.5, 0.6) is 0 Å². The Hall–Kier alpha value is -1.09. The van der Waals surface area contributed by atoms with Crippen molar-refractivity contribution in [2.75, 3.05) is 24.7 Å². The maximum atomic E-state index is 9.63. The molecule has 1 aromatic carbocycles. The molecule has 0 atom stereocenters. The van der Waals surface area contributed by atoms with Crippen LogP contribution in [0, 0.1) is 5.41 Å². The van der Waals surface area contributed by atoms with E-state index in [2.05, 4.69) is 15.9 Å². The number of hydrogen-bond donors (Lipinski definition) is 6. The molecular formula is C11H19BrN2O8S2. The highest BCUT2D eigenvalue weighted by Crippen LogP contribution is 2.10. The third kappa shape index (κ3) is 19.0. The molecule has 0 heterocycles. The van der Waals surface area contributed by atoms with Gasteiger partial charge in [0.2, 0.25) is 0 Å². The molecule has 140 valence electrons. The minimum atomic E-state index is -3.92. The molecule has 1 rings (SSSR count). The number of benzene rings is 1. The first kappa shape index (κ1) is 25.2.